The van der Waals surface area contributed by atoms with Crippen LogP contribution >= 0.6 is 0 Å². The molecule has 2 aromatic carbocycles. The van der Waals surface area contributed by atoms with E-state index >= 15 is 0 Å². The van der Waals surface area contributed by atoms with Crippen LogP contribution in [-0.4, -0.2) is 62.0 Å². The van der Waals surface area contributed by atoms with Crippen molar-refractivity contribution < 1.29 is 13.2 Å². The molecule has 1 N–H and O–H groups in total. The van der Waals surface area contributed by atoms with Gasteiger partial charge in [0.25, 0.3) is 0 Å². The predicted octanol–water partition coefficient (Wildman–Crippen LogP) is 1.88. The molecule has 0 spiro atoms. The number of rotatable bonds is 9. The number of sulfonamides is 1. The minimum Gasteiger partial charge on any atom is -0.355 e. The zero-order valence-electron chi connectivity index (χ0n) is 16.7. The molecule has 1 saturated heterocycles. The molecular weight excluding hydrogens is 386 g/mol. The second kappa shape index (κ2) is 10.5. The Morgan fingerprint density at radius 1 is 0.862 bits per heavy atom. The lowest BCUT2D eigenvalue weighted by Gasteiger charge is -2.34. The van der Waals surface area contributed by atoms with E-state index in [1.807, 2.05) is 48.5 Å². The molecule has 0 saturated carbocycles. The minimum atomic E-state index is -3.35. The van der Waals surface area contributed by atoms with E-state index in [9.17, 15) is 13.2 Å². The van der Waals surface area contributed by atoms with Crippen molar-refractivity contribution in [1.29, 1.82) is 0 Å². The van der Waals surface area contributed by atoms with E-state index in [1.54, 1.807) is 4.31 Å². The van der Waals surface area contributed by atoms with Gasteiger partial charge in [-0.15, -0.1) is 0 Å². The van der Waals surface area contributed by atoms with Gasteiger partial charge >= 0.3 is 0 Å². The molecule has 156 valence electrons. The van der Waals surface area contributed by atoms with Crippen LogP contribution in [0.3, 0.4) is 0 Å². The van der Waals surface area contributed by atoms with E-state index in [1.165, 1.54) is 5.56 Å². The topological polar surface area (TPSA) is 69.7 Å². The second-order valence-corrected chi connectivity index (χ2v) is 9.40. The van der Waals surface area contributed by atoms with Gasteiger partial charge in [-0.3, -0.25) is 9.69 Å². The summed E-state index contributed by atoms with van der Waals surface area (Å²) >= 11 is 0. The van der Waals surface area contributed by atoms with Gasteiger partial charge in [0.2, 0.25) is 15.9 Å². The predicted molar refractivity (Wildman–Crippen MR) is 115 cm³/mol. The molecule has 3 rings (SSSR count). The summed E-state index contributed by atoms with van der Waals surface area (Å²) in [7, 11) is -3.35. The van der Waals surface area contributed by atoms with Crippen LogP contribution in [0.2, 0.25) is 0 Å². The van der Waals surface area contributed by atoms with Crippen molar-refractivity contribution in [2.45, 2.75) is 19.4 Å². The van der Waals surface area contributed by atoms with Gasteiger partial charge in [0.1, 0.15) is 0 Å². The van der Waals surface area contributed by atoms with Crippen LogP contribution in [0.4, 0.5) is 0 Å². The lowest BCUT2D eigenvalue weighted by molar-refractivity contribution is -0.120. The third kappa shape index (κ3) is 6.96. The van der Waals surface area contributed by atoms with Gasteiger partial charge < -0.3 is 5.32 Å². The van der Waals surface area contributed by atoms with E-state index in [0.717, 1.165) is 25.2 Å². The summed E-state index contributed by atoms with van der Waals surface area (Å²) in [6.07, 6.45) is 1.02. The molecule has 29 heavy (non-hydrogen) atoms. The number of nitrogens with zero attached hydrogens (tertiary/aromatic N) is 2. The summed E-state index contributed by atoms with van der Waals surface area (Å²) in [5.41, 5.74) is 2.34. The zero-order valence-corrected chi connectivity index (χ0v) is 17.5. The maximum atomic E-state index is 12.6. The summed E-state index contributed by atoms with van der Waals surface area (Å²) < 4.78 is 26.7. The normalized spacial score (nSPS) is 15.9. The number of piperazine rings is 1. The van der Waals surface area contributed by atoms with E-state index in [2.05, 4.69) is 22.3 Å². The molecule has 6 nitrogen and oxygen atoms in total. The monoisotopic (exact) mass is 415 g/mol. The second-order valence-electron chi connectivity index (χ2n) is 7.31. The lowest BCUT2D eigenvalue weighted by atomic mass is 10.1. The van der Waals surface area contributed by atoms with Gasteiger partial charge in [0, 0.05) is 45.7 Å². The molecule has 0 atom stereocenters. The van der Waals surface area contributed by atoms with Crippen LogP contribution in [0.25, 0.3) is 0 Å². The summed E-state index contributed by atoms with van der Waals surface area (Å²) in [5.74, 6) is -0.167. The minimum absolute atomic E-state index is 0.0528. The SMILES string of the molecule is O=C(CCc1ccccc1)NCCS(=O)(=O)N1CCN(Cc2ccccc2)CC1. The van der Waals surface area contributed by atoms with Crippen molar-refractivity contribution in [2.24, 2.45) is 0 Å². The molecule has 0 bridgehead atoms. The zero-order chi connectivity index (χ0) is 20.5. The maximum absolute atomic E-state index is 12.6. The number of nitrogens with one attached hydrogen (secondary N) is 1. The Hall–Kier alpha value is -2.22. The largest absolute Gasteiger partial charge is 0.355 e. The number of amides is 1. The highest BCUT2D eigenvalue weighted by Crippen LogP contribution is 2.11. The van der Waals surface area contributed by atoms with Crippen molar-refractivity contribution >= 4 is 15.9 Å². The van der Waals surface area contributed by atoms with Gasteiger partial charge in [-0.1, -0.05) is 60.7 Å². The van der Waals surface area contributed by atoms with Crippen molar-refractivity contribution in [2.75, 3.05) is 38.5 Å². The van der Waals surface area contributed by atoms with Crippen molar-refractivity contribution in [3.05, 3.63) is 71.8 Å². The van der Waals surface area contributed by atoms with Crippen molar-refractivity contribution in [3.63, 3.8) is 0 Å². The van der Waals surface area contributed by atoms with Gasteiger partial charge in [-0.25, -0.2) is 8.42 Å². The van der Waals surface area contributed by atoms with E-state index in [0.29, 0.717) is 25.9 Å². The molecule has 1 amide bonds. The Morgan fingerprint density at radius 3 is 2.07 bits per heavy atom. The fourth-order valence-electron chi connectivity index (χ4n) is 3.45. The molecule has 1 aliphatic heterocycles. The van der Waals surface area contributed by atoms with Crippen molar-refractivity contribution in [1.82, 2.24) is 14.5 Å². The Bertz CT molecular complexity index is 865. The molecule has 0 aliphatic carbocycles. The van der Waals surface area contributed by atoms with Crippen LogP contribution in [-0.2, 0) is 27.8 Å². The first-order chi connectivity index (χ1) is 14.0. The number of benzene rings is 2. The summed E-state index contributed by atoms with van der Waals surface area (Å²) in [6, 6.07) is 20.0. The van der Waals surface area contributed by atoms with E-state index in [4.69, 9.17) is 0 Å². The molecule has 1 aliphatic rings. The number of hydrogen-bond donors (Lipinski definition) is 1. The van der Waals surface area contributed by atoms with E-state index in [-0.39, 0.29) is 18.2 Å². The molecule has 0 unspecified atom stereocenters. The maximum Gasteiger partial charge on any atom is 0.220 e. The molecule has 1 fully saturated rings. The average molecular weight is 416 g/mol. The number of hydrogen-bond acceptors (Lipinski definition) is 4. The third-order valence-corrected chi connectivity index (χ3v) is 7.01. The van der Waals surface area contributed by atoms with Gasteiger partial charge in [-0.05, 0) is 17.5 Å². The summed E-state index contributed by atoms with van der Waals surface area (Å²) in [5, 5.41) is 2.73. The molecule has 1 heterocycles. The number of carbonyl (C=O) groups excluding carboxylic acids is 1. The lowest BCUT2D eigenvalue weighted by Crippen LogP contribution is -2.49. The molecule has 2 aromatic rings. The fourth-order valence-corrected chi connectivity index (χ4v) is 4.78. The van der Waals surface area contributed by atoms with E-state index < -0.39 is 10.0 Å². The molecule has 7 heteroatoms. The summed E-state index contributed by atoms with van der Waals surface area (Å²) in [4.78, 5) is 14.2. The van der Waals surface area contributed by atoms with Crippen LogP contribution in [0.5, 0.6) is 0 Å². The van der Waals surface area contributed by atoms with Gasteiger partial charge in [0.05, 0.1) is 5.75 Å². The highest BCUT2D eigenvalue weighted by Gasteiger charge is 2.26. The van der Waals surface area contributed by atoms with Crippen LogP contribution in [0.15, 0.2) is 60.7 Å². The standard InChI is InChI=1S/C22H29N3O3S/c26-22(12-11-20-7-3-1-4-8-20)23-13-18-29(27,28)25-16-14-24(15-17-25)19-21-9-5-2-6-10-21/h1-10H,11-19H2,(H,23,26). The molecule has 0 aromatic heterocycles. The fraction of sp³-hybridized carbons (Fsp3) is 0.409. The molecule has 0 radical (unpaired) electrons. The first kappa shape index (κ1) is 21.5. The number of carbonyl (C=O) groups is 1. The average Bonchev–Trinajstić information content (AvgIpc) is 2.74. The Kier molecular flexibility index (Phi) is 7.80. The first-order valence-electron chi connectivity index (χ1n) is 10.1. The van der Waals surface area contributed by atoms with Gasteiger partial charge in [0.15, 0.2) is 0 Å². The number of aryl methyl sites for hydroxylation is 1. The van der Waals surface area contributed by atoms with Crippen LogP contribution in [0.1, 0.15) is 17.5 Å². The highest BCUT2D eigenvalue weighted by atomic mass is 32.2. The van der Waals surface area contributed by atoms with Crippen molar-refractivity contribution in [3.8, 4) is 0 Å². The van der Waals surface area contributed by atoms with Crippen LogP contribution < -0.4 is 5.32 Å². The smallest absolute Gasteiger partial charge is 0.220 e. The molecular formula is C22H29N3O3S. The first-order valence-corrected chi connectivity index (χ1v) is 11.7. The van der Waals surface area contributed by atoms with Crippen LogP contribution in [0, 0.1) is 0 Å². The third-order valence-electron chi connectivity index (χ3n) is 5.14. The Balaban J connectivity index is 1.36. The Morgan fingerprint density at radius 2 is 1.45 bits per heavy atom. The quantitative estimate of drug-likeness (QED) is 0.679. The summed E-state index contributed by atoms with van der Waals surface area (Å²) in [6.45, 7) is 3.43. The Labute approximate surface area is 173 Å². The highest BCUT2D eigenvalue weighted by molar-refractivity contribution is 7.89. The van der Waals surface area contributed by atoms with Gasteiger partial charge in [-0.2, -0.15) is 4.31 Å².